The van der Waals surface area contributed by atoms with E-state index in [0.717, 1.165) is 32.8 Å². The van der Waals surface area contributed by atoms with Crippen LogP contribution in [0.15, 0.2) is 41.0 Å². The van der Waals surface area contributed by atoms with E-state index in [1.54, 1.807) is 6.92 Å². The van der Waals surface area contributed by atoms with Gasteiger partial charge >= 0.3 is 5.97 Å². The van der Waals surface area contributed by atoms with Crippen LogP contribution in [-0.4, -0.2) is 69.3 Å². The SMILES string of the molecule is CCOC(=O)C1=C(N)OC2=C(C(=O)CCC2)C1c1ccc(OCCN2CCOCC2)c(OCC)c1. The van der Waals surface area contributed by atoms with Gasteiger partial charge in [-0.25, -0.2) is 4.79 Å². The lowest BCUT2D eigenvalue weighted by Gasteiger charge is -2.32. The number of carbonyl (C=O) groups is 2. The number of morpholine rings is 1. The average Bonchev–Trinajstić information content (AvgIpc) is 2.85. The molecule has 0 bridgehead atoms. The summed E-state index contributed by atoms with van der Waals surface area (Å²) in [7, 11) is 0. The first kappa shape index (κ1) is 25.1. The van der Waals surface area contributed by atoms with Crippen LogP contribution in [0.2, 0.25) is 0 Å². The van der Waals surface area contributed by atoms with Crippen LogP contribution in [0.3, 0.4) is 0 Å². The van der Waals surface area contributed by atoms with Gasteiger partial charge in [-0.1, -0.05) is 6.07 Å². The maximum absolute atomic E-state index is 13.0. The van der Waals surface area contributed by atoms with Crippen LogP contribution >= 0.6 is 0 Å². The molecule has 0 radical (unpaired) electrons. The molecule has 2 N–H and O–H groups in total. The molecule has 2 heterocycles. The van der Waals surface area contributed by atoms with Crippen molar-refractivity contribution in [3.8, 4) is 11.5 Å². The Morgan fingerprint density at radius 2 is 1.91 bits per heavy atom. The molecule has 1 aliphatic carbocycles. The monoisotopic (exact) mass is 486 g/mol. The molecule has 2 aliphatic heterocycles. The van der Waals surface area contributed by atoms with Crippen molar-refractivity contribution in [2.24, 2.45) is 5.73 Å². The van der Waals surface area contributed by atoms with E-state index < -0.39 is 11.9 Å². The fraction of sp³-hybridized carbons (Fsp3) is 0.538. The summed E-state index contributed by atoms with van der Waals surface area (Å²) >= 11 is 0. The van der Waals surface area contributed by atoms with Crippen molar-refractivity contribution in [2.45, 2.75) is 39.0 Å². The lowest BCUT2D eigenvalue weighted by molar-refractivity contribution is -0.139. The van der Waals surface area contributed by atoms with Gasteiger partial charge in [-0.05, 0) is 38.0 Å². The first-order valence-corrected chi connectivity index (χ1v) is 12.3. The van der Waals surface area contributed by atoms with Crippen molar-refractivity contribution in [1.82, 2.24) is 4.90 Å². The number of nitrogens with zero attached hydrogens (tertiary/aromatic N) is 1. The highest BCUT2D eigenvalue weighted by Gasteiger charge is 2.41. The Bertz CT molecular complexity index is 1010. The summed E-state index contributed by atoms with van der Waals surface area (Å²) in [6.07, 6.45) is 1.68. The third-order valence-electron chi connectivity index (χ3n) is 6.35. The van der Waals surface area contributed by atoms with E-state index in [9.17, 15) is 9.59 Å². The Morgan fingerprint density at radius 1 is 1.11 bits per heavy atom. The van der Waals surface area contributed by atoms with Gasteiger partial charge in [0.25, 0.3) is 0 Å². The summed E-state index contributed by atoms with van der Waals surface area (Å²) in [6, 6.07) is 5.49. The van der Waals surface area contributed by atoms with Gasteiger partial charge in [-0.2, -0.15) is 0 Å². The van der Waals surface area contributed by atoms with Gasteiger partial charge in [0.15, 0.2) is 17.3 Å². The number of hydrogen-bond donors (Lipinski definition) is 1. The standard InChI is InChI=1S/C26H34N2O7/c1-3-32-21-16-17(8-9-19(21)34-15-12-28-10-13-31-14-11-28)22-23-18(29)6-5-7-20(23)35-25(27)24(22)26(30)33-4-2/h8-9,16,22H,3-7,10-15,27H2,1-2H3. The van der Waals surface area contributed by atoms with E-state index in [1.165, 1.54) is 0 Å². The molecule has 1 saturated heterocycles. The Morgan fingerprint density at radius 3 is 2.66 bits per heavy atom. The van der Waals surface area contributed by atoms with Crippen LogP contribution in [0, 0.1) is 0 Å². The maximum atomic E-state index is 13.0. The molecule has 1 atom stereocenters. The summed E-state index contributed by atoms with van der Waals surface area (Å²) in [6.45, 7) is 8.78. The first-order chi connectivity index (χ1) is 17.0. The van der Waals surface area contributed by atoms with Gasteiger partial charge < -0.3 is 29.4 Å². The number of hydrogen-bond acceptors (Lipinski definition) is 9. The lowest BCUT2D eigenvalue weighted by Crippen LogP contribution is -2.38. The largest absolute Gasteiger partial charge is 0.490 e. The van der Waals surface area contributed by atoms with E-state index in [-0.39, 0.29) is 23.8 Å². The number of ether oxygens (including phenoxy) is 5. The highest BCUT2D eigenvalue weighted by atomic mass is 16.5. The molecule has 35 heavy (non-hydrogen) atoms. The molecule has 9 heteroatoms. The molecule has 9 nitrogen and oxygen atoms in total. The molecule has 190 valence electrons. The van der Waals surface area contributed by atoms with Crippen LogP contribution in [0.25, 0.3) is 0 Å². The van der Waals surface area contributed by atoms with Gasteiger partial charge in [0.05, 0.1) is 32.3 Å². The van der Waals surface area contributed by atoms with Gasteiger partial charge in [0, 0.05) is 38.0 Å². The predicted molar refractivity (Wildman–Crippen MR) is 128 cm³/mol. The van der Waals surface area contributed by atoms with Crippen LogP contribution in [0.4, 0.5) is 0 Å². The molecule has 0 amide bonds. The summed E-state index contributed by atoms with van der Waals surface area (Å²) in [4.78, 5) is 28.2. The van der Waals surface area contributed by atoms with Crippen molar-refractivity contribution in [3.05, 3.63) is 46.6 Å². The van der Waals surface area contributed by atoms with Gasteiger partial charge in [0.2, 0.25) is 5.88 Å². The minimum absolute atomic E-state index is 0.0225. The fourth-order valence-corrected chi connectivity index (χ4v) is 4.70. The highest BCUT2D eigenvalue weighted by molar-refractivity contribution is 6.03. The van der Waals surface area contributed by atoms with E-state index in [4.69, 9.17) is 29.4 Å². The van der Waals surface area contributed by atoms with Crippen molar-refractivity contribution in [3.63, 3.8) is 0 Å². The van der Waals surface area contributed by atoms with Gasteiger partial charge in [-0.15, -0.1) is 0 Å². The average molecular weight is 487 g/mol. The zero-order valence-corrected chi connectivity index (χ0v) is 20.5. The molecule has 0 aromatic heterocycles. The van der Waals surface area contributed by atoms with E-state index >= 15 is 0 Å². The zero-order valence-electron chi connectivity index (χ0n) is 20.5. The number of carbonyl (C=O) groups excluding carboxylic acids is 2. The highest BCUT2D eigenvalue weighted by Crippen LogP contribution is 2.45. The molecule has 1 fully saturated rings. The third kappa shape index (κ3) is 5.62. The molecule has 3 aliphatic rings. The van der Waals surface area contributed by atoms with E-state index in [0.29, 0.717) is 60.9 Å². The molecule has 1 aromatic rings. The quantitative estimate of drug-likeness (QED) is 0.527. The Balaban J connectivity index is 1.64. The second kappa shape index (κ2) is 11.6. The number of allylic oxidation sites excluding steroid dienone is 2. The number of ketones is 1. The fourth-order valence-electron chi connectivity index (χ4n) is 4.70. The summed E-state index contributed by atoms with van der Waals surface area (Å²) < 4.78 is 28.4. The van der Waals surface area contributed by atoms with Crippen molar-refractivity contribution >= 4 is 11.8 Å². The molecule has 0 spiro atoms. The van der Waals surface area contributed by atoms with Crippen LogP contribution in [-0.2, 0) is 23.8 Å². The van der Waals surface area contributed by atoms with Gasteiger partial charge in [-0.3, -0.25) is 9.69 Å². The zero-order chi connectivity index (χ0) is 24.8. The minimum atomic E-state index is -0.688. The van der Waals surface area contributed by atoms with Gasteiger partial charge in [0.1, 0.15) is 17.9 Å². The second-order valence-corrected chi connectivity index (χ2v) is 8.59. The first-order valence-electron chi connectivity index (χ1n) is 12.3. The Labute approximate surface area is 205 Å². The summed E-state index contributed by atoms with van der Waals surface area (Å²) in [5.41, 5.74) is 7.51. The number of Topliss-reactive ketones (excluding diaryl/α,β-unsaturated/α-hetero) is 1. The molecule has 0 saturated carbocycles. The molecular formula is C26H34N2O7. The molecule has 1 aromatic carbocycles. The van der Waals surface area contributed by atoms with Crippen LogP contribution in [0.1, 0.15) is 44.6 Å². The third-order valence-corrected chi connectivity index (χ3v) is 6.35. The number of nitrogens with two attached hydrogens (primary N) is 1. The number of benzene rings is 1. The topological polar surface area (TPSA) is 110 Å². The molecular weight excluding hydrogens is 452 g/mol. The molecule has 4 rings (SSSR count). The van der Waals surface area contributed by atoms with Crippen LogP contribution in [0.5, 0.6) is 11.5 Å². The van der Waals surface area contributed by atoms with Crippen molar-refractivity contribution < 1.29 is 33.3 Å². The predicted octanol–water partition coefficient (Wildman–Crippen LogP) is 2.65. The Hall–Kier alpha value is -3.04. The minimum Gasteiger partial charge on any atom is -0.490 e. The number of rotatable bonds is 9. The smallest absolute Gasteiger partial charge is 0.340 e. The van der Waals surface area contributed by atoms with Crippen molar-refractivity contribution in [1.29, 1.82) is 0 Å². The normalized spacial score (nSPS) is 20.9. The van der Waals surface area contributed by atoms with E-state index in [1.807, 2.05) is 25.1 Å². The lowest BCUT2D eigenvalue weighted by atomic mass is 9.77. The Kier molecular flexibility index (Phi) is 8.30. The summed E-state index contributed by atoms with van der Waals surface area (Å²) in [5.74, 6) is 0.331. The summed E-state index contributed by atoms with van der Waals surface area (Å²) in [5, 5.41) is 0. The van der Waals surface area contributed by atoms with Crippen molar-refractivity contribution in [2.75, 3.05) is 52.7 Å². The maximum Gasteiger partial charge on any atom is 0.340 e. The number of esters is 1. The molecule has 1 unspecified atom stereocenters. The van der Waals surface area contributed by atoms with Crippen LogP contribution < -0.4 is 15.2 Å². The second-order valence-electron chi connectivity index (χ2n) is 8.59. The van der Waals surface area contributed by atoms with E-state index in [2.05, 4.69) is 4.90 Å².